The second-order valence-corrected chi connectivity index (χ2v) is 15.9. The summed E-state index contributed by atoms with van der Waals surface area (Å²) in [6.45, 7) is 20.9. The van der Waals surface area contributed by atoms with Crippen LogP contribution in [0.15, 0.2) is 96.1 Å². The first-order valence-electron chi connectivity index (χ1n) is 17.6. The number of pyridine rings is 1. The molecule has 0 spiro atoms. The summed E-state index contributed by atoms with van der Waals surface area (Å²) in [5.41, 5.74) is 13.0. The van der Waals surface area contributed by atoms with Crippen LogP contribution in [0.4, 0.5) is 17.1 Å². The lowest BCUT2D eigenvalue weighted by molar-refractivity contribution is 0.324. The number of hydrogen-bond acceptors (Lipinski definition) is 4. The molecule has 0 aliphatic carbocycles. The monoisotopic (exact) mass is 646 g/mol. The van der Waals surface area contributed by atoms with Crippen LogP contribution in [0.25, 0.3) is 27.6 Å². The molecule has 0 saturated heterocycles. The molecule has 0 saturated carbocycles. The Balaban J connectivity index is 1.46. The molecule has 0 radical (unpaired) electrons. The van der Waals surface area contributed by atoms with Crippen LogP contribution in [0.1, 0.15) is 94.7 Å². The zero-order chi connectivity index (χ0) is 34.4. The van der Waals surface area contributed by atoms with Crippen molar-refractivity contribution in [3.8, 4) is 5.82 Å². The molecule has 2 aliphatic heterocycles. The van der Waals surface area contributed by atoms with E-state index in [0.29, 0.717) is 12.5 Å². The number of anilines is 3. The Hall–Kier alpha value is -4.90. The summed E-state index contributed by atoms with van der Waals surface area (Å²) in [6.07, 6.45) is 1.96. The summed E-state index contributed by atoms with van der Waals surface area (Å²) < 4.78 is 8.49. The van der Waals surface area contributed by atoms with Crippen LogP contribution in [0.3, 0.4) is 0 Å². The topological polar surface area (TPSA) is 42.7 Å². The first-order valence-corrected chi connectivity index (χ1v) is 17.6. The lowest BCUT2D eigenvalue weighted by Gasteiger charge is -2.42. The first kappa shape index (κ1) is 31.4. The van der Waals surface area contributed by atoms with Crippen molar-refractivity contribution in [1.29, 1.82) is 0 Å². The number of para-hydroxylation sites is 1. The van der Waals surface area contributed by atoms with E-state index in [2.05, 4.69) is 157 Å². The number of nitrogens with zero attached hydrogens (tertiary/aromatic N) is 4. The molecule has 6 aromatic rings. The molecule has 0 bridgehead atoms. The Morgan fingerprint density at radius 3 is 2.35 bits per heavy atom. The largest absolute Gasteiger partial charge is 0.475 e. The molecule has 5 nitrogen and oxygen atoms in total. The van der Waals surface area contributed by atoms with Gasteiger partial charge in [0, 0.05) is 33.6 Å². The van der Waals surface area contributed by atoms with Crippen LogP contribution in [-0.4, -0.2) is 28.1 Å². The first-order chi connectivity index (χ1) is 23.3. The number of rotatable bonds is 4. The number of aliphatic imine (C=N–C) groups is 1. The zero-order valence-electron chi connectivity index (χ0n) is 30.2. The Morgan fingerprint density at radius 2 is 1.61 bits per heavy atom. The molecule has 4 aromatic carbocycles. The molecule has 8 rings (SSSR count). The Bertz CT molecular complexity index is 2320. The van der Waals surface area contributed by atoms with Gasteiger partial charge in [-0.3, -0.25) is 4.57 Å². The fourth-order valence-corrected chi connectivity index (χ4v) is 7.71. The lowest BCUT2D eigenvalue weighted by Crippen LogP contribution is -2.30. The van der Waals surface area contributed by atoms with E-state index in [0.717, 1.165) is 34.0 Å². The van der Waals surface area contributed by atoms with Gasteiger partial charge < -0.3 is 9.64 Å². The van der Waals surface area contributed by atoms with Crippen molar-refractivity contribution >= 4 is 44.8 Å². The molecular weight excluding hydrogens is 601 g/mol. The molecule has 1 atom stereocenters. The molecule has 0 amide bonds. The molecule has 0 fully saturated rings. The van der Waals surface area contributed by atoms with E-state index < -0.39 is 0 Å². The van der Waals surface area contributed by atoms with E-state index in [-0.39, 0.29) is 16.9 Å². The van der Waals surface area contributed by atoms with Gasteiger partial charge in [-0.15, -0.1) is 0 Å². The molecule has 248 valence electrons. The molecular formula is C44H46N4O. The van der Waals surface area contributed by atoms with E-state index in [4.69, 9.17) is 14.7 Å². The van der Waals surface area contributed by atoms with Gasteiger partial charge in [0.2, 0.25) is 5.90 Å². The van der Waals surface area contributed by atoms with Gasteiger partial charge in [0.25, 0.3) is 0 Å². The van der Waals surface area contributed by atoms with E-state index in [1.165, 1.54) is 50.0 Å². The van der Waals surface area contributed by atoms with Gasteiger partial charge >= 0.3 is 0 Å². The minimum absolute atomic E-state index is 0.000990. The van der Waals surface area contributed by atoms with E-state index >= 15 is 0 Å². The van der Waals surface area contributed by atoms with Crippen molar-refractivity contribution in [2.45, 2.75) is 85.1 Å². The summed E-state index contributed by atoms with van der Waals surface area (Å²) in [4.78, 5) is 12.3. The third-order valence-corrected chi connectivity index (χ3v) is 10.5. The highest BCUT2D eigenvalue weighted by Gasteiger charge is 2.38. The number of benzene rings is 4. The third kappa shape index (κ3) is 5.05. The number of aromatic nitrogens is 2. The Morgan fingerprint density at radius 1 is 0.837 bits per heavy atom. The highest BCUT2D eigenvalue weighted by Crippen LogP contribution is 2.54. The lowest BCUT2D eigenvalue weighted by atomic mass is 9.73. The highest BCUT2D eigenvalue weighted by molar-refractivity contribution is 6.11. The summed E-state index contributed by atoms with van der Waals surface area (Å²) in [5.74, 6) is 2.01. The molecule has 0 unspecified atom stereocenters. The second kappa shape index (κ2) is 11.1. The van der Waals surface area contributed by atoms with Crippen LogP contribution in [0, 0.1) is 6.92 Å². The number of aryl methyl sites for hydroxylation is 1. The zero-order valence-corrected chi connectivity index (χ0v) is 30.2. The second-order valence-electron chi connectivity index (χ2n) is 15.9. The van der Waals surface area contributed by atoms with Gasteiger partial charge in [-0.2, -0.15) is 0 Å². The maximum absolute atomic E-state index is 6.12. The Labute approximate surface area is 290 Å². The Kier molecular flexibility index (Phi) is 7.08. The van der Waals surface area contributed by atoms with Gasteiger partial charge in [-0.05, 0) is 108 Å². The summed E-state index contributed by atoms with van der Waals surface area (Å²) >= 11 is 0. The van der Waals surface area contributed by atoms with Crippen molar-refractivity contribution in [2.24, 2.45) is 4.99 Å². The maximum atomic E-state index is 6.12. The average Bonchev–Trinajstić information content (AvgIpc) is 3.64. The predicted molar refractivity (Wildman–Crippen MR) is 205 cm³/mol. The third-order valence-electron chi connectivity index (χ3n) is 10.5. The molecule has 0 N–H and O–H groups in total. The van der Waals surface area contributed by atoms with Gasteiger partial charge in [0.15, 0.2) is 0 Å². The molecule has 4 heterocycles. The number of hydrogen-bond donors (Lipinski definition) is 0. The number of fused-ring (bicyclic) bond motifs is 5. The van der Waals surface area contributed by atoms with Gasteiger partial charge in [0.1, 0.15) is 12.4 Å². The van der Waals surface area contributed by atoms with E-state index in [1.807, 2.05) is 6.20 Å². The standard InChI is InChI=1S/C44H46N4O/c1-26(2)29-19-30(42-46-28(4)25-49-42)21-32(20-29)47-38-13-11-10-12-35(38)44(8,9)36-23-34-33-18-27(3)14-15-37(33)48(39(34)24-40(36)47)41-22-31(16-17-45-41)43(5,6)7/h10-24,26,28H,25H2,1-9H3/t28-/m1/s1. The van der Waals surface area contributed by atoms with Crippen molar-refractivity contribution in [3.63, 3.8) is 0 Å². The van der Waals surface area contributed by atoms with E-state index in [1.54, 1.807) is 0 Å². The van der Waals surface area contributed by atoms with Crippen molar-refractivity contribution in [2.75, 3.05) is 11.5 Å². The van der Waals surface area contributed by atoms with Crippen molar-refractivity contribution in [3.05, 3.63) is 125 Å². The minimum atomic E-state index is -0.230. The van der Waals surface area contributed by atoms with Crippen molar-refractivity contribution < 1.29 is 4.74 Å². The quantitative estimate of drug-likeness (QED) is 0.191. The molecule has 5 heteroatoms. The maximum Gasteiger partial charge on any atom is 0.216 e. The summed E-state index contributed by atoms with van der Waals surface area (Å²) in [6, 6.07) is 32.0. The van der Waals surface area contributed by atoms with Crippen LogP contribution in [-0.2, 0) is 15.6 Å². The smallest absolute Gasteiger partial charge is 0.216 e. The van der Waals surface area contributed by atoms with Crippen LogP contribution < -0.4 is 4.90 Å². The van der Waals surface area contributed by atoms with Gasteiger partial charge in [-0.1, -0.05) is 78.3 Å². The molecule has 2 aliphatic rings. The SMILES string of the molecule is Cc1ccc2c(c1)c1cc3c(cc1n2-c1cc(C(C)(C)C)ccn1)N(c1cc(C2=N[C@H](C)CO2)cc(C(C)C)c1)c1ccccc1C3(C)C. The van der Waals surface area contributed by atoms with Crippen molar-refractivity contribution in [1.82, 2.24) is 9.55 Å². The van der Waals surface area contributed by atoms with E-state index in [9.17, 15) is 0 Å². The highest BCUT2D eigenvalue weighted by atomic mass is 16.5. The van der Waals surface area contributed by atoms with Crippen LogP contribution in [0.5, 0.6) is 0 Å². The molecule has 49 heavy (non-hydrogen) atoms. The average molecular weight is 647 g/mol. The predicted octanol–water partition coefficient (Wildman–Crippen LogP) is 11.2. The fourth-order valence-electron chi connectivity index (χ4n) is 7.71. The van der Waals surface area contributed by atoms with Crippen LogP contribution >= 0.6 is 0 Å². The summed E-state index contributed by atoms with van der Waals surface area (Å²) in [7, 11) is 0. The van der Waals surface area contributed by atoms with Crippen LogP contribution in [0.2, 0.25) is 0 Å². The summed E-state index contributed by atoms with van der Waals surface area (Å²) in [5, 5.41) is 2.49. The van der Waals surface area contributed by atoms with Gasteiger partial charge in [0.05, 0.1) is 28.5 Å². The number of ether oxygens (including phenoxy) is 1. The molecule has 2 aromatic heterocycles. The fraction of sp³-hybridized carbons (Fsp3) is 0.318. The minimum Gasteiger partial charge on any atom is -0.475 e. The normalized spacial score (nSPS) is 17.0. The van der Waals surface area contributed by atoms with Gasteiger partial charge in [-0.25, -0.2) is 9.98 Å².